The van der Waals surface area contributed by atoms with Crippen LogP contribution in [-0.2, 0) is 33.9 Å². The highest BCUT2D eigenvalue weighted by Gasteiger charge is 2.64. The van der Waals surface area contributed by atoms with E-state index in [0.717, 1.165) is 11.3 Å². The van der Waals surface area contributed by atoms with Gasteiger partial charge >= 0.3 is 0 Å². The maximum atomic E-state index is 14.1. The summed E-state index contributed by atoms with van der Waals surface area (Å²) in [6.07, 6.45) is 0.248. The van der Waals surface area contributed by atoms with Crippen molar-refractivity contribution in [1.82, 2.24) is 10.2 Å². The third-order valence-electron chi connectivity index (χ3n) is 8.82. The summed E-state index contributed by atoms with van der Waals surface area (Å²) in [5, 5.41) is 49.8. The van der Waals surface area contributed by atoms with E-state index in [0.29, 0.717) is 22.7 Å². The number of hydrogen-bond donors (Lipinski definition) is 6. The van der Waals surface area contributed by atoms with E-state index in [1.165, 1.54) is 4.90 Å². The summed E-state index contributed by atoms with van der Waals surface area (Å²) in [5.41, 5.74) is 4.53. The highest BCUT2D eigenvalue weighted by atomic mass is 35.5. The Morgan fingerprint density at radius 1 is 1.09 bits per heavy atom. The molecule has 1 amide bonds. The number of amides is 1. The van der Waals surface area contributed by atoms with Crippen molar-refractivity contribution in [2.45, 2.75) is 37.6 Å². The largest absolute Gasteiger partial charge is 0.508 e. The predicted octanol–water partition coefficient (Wildman–Crippen LogP) is 1.97. The second-order valence-corrected chi connectivity index (χ2v) is 12.3. The number of nitrogens with one attached hydrogen (secondary N) is 1. The average molecular weight is 611 g/mol. The minimum atomic E-state index is -2.68. The van der Waals surface area contributed by atoms with Gasteiger partial charge in [0.15, 0.2) is 11.4 Å². The summed E-state index contributed by atoms with van der Waals surface area (Å²) in [4.78, 5) is 42.9. The number of nitrogens with zero attached hydrogens (tertiary/aromatic N) is 2. The number of hydrogen-bond acceptors (Lipinski definition) is 10. The fourth-order valence-corrected chi connectivity index (χ4v) is 6.95. The average Bonchev–Trinajstić information content (AvgIpc) is 2.92. The molecule has 228 valence electrons. The van der Waals surface area contributed by atoms with Crippen LogP contribution in [0.5, 0.6) is 5.75 Å². The van der Waals surface area contributed by atoms with Gasteiger partial charge in [0.2, 0.25) is 5.78 Å². The van der Waals surface area contributed by atoms with E-state index in [-0.39, 0.29) is 36.3 Å². The Bertz CT molecular complexity index is 1600. The molecule has 2 aromatic carbocycles. The molecule has 43 heavy (non-hydrogen) atoms. The summed E-state index contributed by atoms with van der Waals surface area (Å²) in [6.45, 7) is 0.708. The maximum Gasteiger partial charge on any atom is 0.255 e. The number of Topliss-reactive ketones (excluding diaryl/α,β-unsaturated/α-hetero) is 2. The molecule has 11 nitrogen and oxygen atoms in total. The highest BCUT2D eigenvalue weighted by molar-refractivity contribution is 6.30. The van der Waals surface area contributed by atoms with Crippen molar-refractivity contribution >= 4 is 40.5 Å². The van der Waals surface area contributed by atoms with E-state index in [2.05, 4.69) is 5.32 Å². The fourth-order valence-electron chi connectivity index (χ4n) is 6.82. The summed E-state index contributed by atoms with van der Waals surface area (Å²) in [7, 11) is 6.79. The number of rotatable bonds is 7. The third-order valence-corrected chi connectivity index (χ3v) is 9.07. The number of aliphatic hydroxyl groups excluding tert-OH is 2. The number of carbonyl (C=O) groups is 3. The SMILES string of the molecule is CN(C)c1cc(CNCc2ccc(Cl)cc2)c(O)c2c1C[C@H]1C[C@H]3[C@@H](N(C)C)C(=O)C(C(N)=O)=C(O)[C@@]3(O)C(=O)C1=C2O. The lowest BCUT2D eigenvalue weighted by Gasteiger charge is -2.50. The van der Waals surface area contributed by atoms with Crippen LogP contribution >= 0.6 is 11.6 Å². The van der Waals surface area contributed by atoms with Crippen LogP contribution in [0.4, 0.5) is 5.69 Å². The van der Waals surface area contributed by atoms with Gasteiger partial charge in [0.1, 0.15) is 22.8 Å². The van der Waals surface area contributed by atoms with Crippen LogP contribution < -0.4 is 16.0 Å². The normalized spacial score (nSPS) is 25.0. The van der Waals surface area contributed by atoms with Crippen molar-refractivity contribution in [3.8, 4) is 5.75 Å². The van der Waals surface area contributed by atoms with Crippen molar-refractivity contribution < 1.29 is 34.8 Å². The molecule has 1 fully saturated rings. The molecular formula is C31H35ClN4O7. The number of fused-ring (bicyclic) bond motifs is 3. The molecule has 2 aromatic rings. The van der Waals surface area contributed by atoms with Crippen molar-refractivity contribution in [2.24, 2.45) is 17.6 Å². The Morgan fingerprint density at radius 3 is 2.33 bits per heavy atom. The van der Waals surface area contributed by atoms with Crippen molar-refractivity contribution in [3.63, 3.8) is 0 Å². The van der Waals surface area contributed by atoms with Crippen LogP contribution in [0, 0.1) is 11.8 Å². The molecule has 0 aromatic heterocycles. The van der Waals surface area contributed by atoms with E-state index in [1.807, 2.05) is 37.2 Å². The molecule has 0 saturated heterocycles. The van der Waals surface area contributed by atoms with Gasteiger partial charge in [-0.05, 0) is 62.2 Å². The van der Waals surface area contributed by atoms with Crippen LogP contribution in [0.25, 0.3) is 5.76 Å². The van der Waals surface area contributed by atoms with E-state index in [1.54, 1.807) is 26.2 Å². The lowest BCUT2D eigenvalue weighted by molar-refractivity contribution is -0.153. The molecule has 0 radical (unpaired) electrons. The number of phenols is 1. The molecule has 0 bridgehead atoms. The van der Waals surface area contributed by atoms with Crippen molar-refractivity contribution in [2.75, 3.05) is 33.1 Å². The van der Waals surface area contributed by atoms with Crippen molar-refractivity contribution in [1.29, 1.82) is 0 Å². The molecule has 0 spiro atoms. The van der Waals surface area contributed by atoms with Gasteiger partial charge in [-0.1, -0.05) is 23.7 Å². The summed E-state index contributed by atoms with van der Waals surface area (Å²) >= 11 is 5.97. The number of aliphatic hydroxyl groups is 3. The molecular weight excluding hydrogens is 576 g/mol. The molecule has 5 rings (SSSR count). The van der Waals surface area contributed by atoms with Crippen molar-refractivity contribution in [3.05, 3.63) is 74.5 Å². The summed E-state index contributed by atoms with van der Waals surface area (Å²) in [5.74, 6) is -6.71. The lowest BCUT2D eigenvalue weighted by atomic mass is 9.57. The first-order chi connectivity index (χ1) is 20.2. The Morgan fingerprint density at radius 2 is 1.74 bits per heavy atom. The quantitative estimate of drug-likeness (QED) is 0.254. The monoisotopic (exact) mass is 610 g/mol. The van der Waals surface area contributed by atoms with Crippen LogP contribution in [-0.4, -0.2) is 82.6 Å². The van der Waals surface area contributed by atoms with Gasteiger partial charge in [-0.3, -0.25) is 19.3 Å². The Labute approximate surface area is 253 Å². The number of anilines is 1. The number of carbonyl (C=O) groups excluding carboxylic acids is 3. The topological polar surface area (TPSA) is 177 Å². The molecule has 7 N–H and O–H groups in total. The van der Waals surface area contributed by atoms with E-state index < -0.39 is 58.0 Å². The Kier molecular flexibility index (Phi) is 7.80. The third kappa shape index (κ3) is 4.76. The van der Waals surface area contributed by atoms with E-state index >= 15 is 0 Å². The fraction of sp³-hybridized carbons (Fsp3) is 0.387. The first kappa shape index (κ1) is 30.6. The Hall–Kier alpha value is -3.90. The van der Waals surface area contributed by atoms with Gasteiger partial charge in [0, 0.05) is 54.9 Å². The lowest BCUT2D eigenvalue weighted by Crippen LogP contribution is -2.65. The van der Waals surface area contributed by atoms with E-state index in [4.69, 9.17) is 17.3 Å². The zero-order valence-electron chi connectivity index (χ0n) is 24.3. The minimum Gasteiger partial charge on any atom is -0.508 e. The molecule has 0 heterocycles. The highest BCUT2D eigenvalue weighted by Crippen LogP contribution is 2.54. The molecule has 4 atom stereocenters. The van der Waals surface area contributed by atoms with Gasteiger partial charge in [-0.2, -0.15) is 0 Å². The standard InChI is InChI=1S/C31H35ClN4O7/c1-35(2)20-11-16(13-34-12-14-5-7-17(32)8-6-14)25(37)22-18(20)9-15-10-19-24(36(3)4)27(39)23(30(33)42)29(41)31(19,43)28(40)21(15)26(22)38/h5-8,11,15,19,24,34,37-38,41,43H,9-10,12-13H2,1-4H3,(H2,33,42)/t15-,19-,24+,31-/m0/s1. The first-order valence-electron chi connectivity index (χ1n) is 13.8. The van der Waals surface area contributed by atoms with Gasteiger partial charge in [-0.25, -0.2) is 0 Å². The van der Waals surface area contributed by atoms with Gasteiger partial charge in [0.25, 0.3) is 5.91 Å². The number of benzene rings is 2. The maximum absolute atomic E-state index is 14.1. The van der Waals surface area contributed by atoms with Crippen LogP contribution in [0.3, 0.4) is 0 Å². The molecule has 12 heteroatoms. The van der Waals surface area contributed by atoms with Gasteiger partial charge in [0.05, 0.1) is 11.6 Å². The molecule has 3 aliphatic rings. The van der Waals surface area contributed by atoms with Crippen LogP contribution in [0.1, 0.15) is 28.7 Å². The number of aromatic hydroxyl groups is 1. The number of phenolic OH excluding ortho intramolecular Hbond substituents is 1. The second-order valence-electron chi connectivity index (χ2n) is 11.8. The summed E-state index contributed by atoms with van der Waals surface area (Å²) in [6, 6.07) is 8.01. The zero-order valence-corrected chi connectivity index (χ0v) is 25.1. The smallest absolute Gasteiger partial charge is 0.255 e. The number of nitrogens with two attached hydrogens (primary N) is 1. The Balaban J connectivity index is 1.61. The first-order valence-corrected chi connectivity index (χ1v) is 14.2. The van der Waals surface area contributed by atoms with Gasteiger partial charge < -0.3 is 36.4 Å². The van der Waals surface area contributed by atoms with Crippen LogP contribution in [0.2, 0.25) is 5.02 Å². The molecule has 3 aliphatic carbocycles. The predicted molar refractivity (Wildman–Crippen MR) is 161 cm³/mol. The van der Waals surface area contributed by atoms with Gasteiger partial charge in [-0.15, -0.1) is 0 Å². The molecule has 0 aliphatic heterocycles. The molecule has 1 saturated carbocycles. The minimum absolute atomic E-state index is 0.0315. The second kappa shape index (κ2) is 11.0. The number of ketones is 2. The number of likely N-dealkylation sites (N-methyl/N-ethyl adjacent to an activating group) is 1. The zero-order chi connectivity index (χ0) is 31.5. The summed E-state index contributed by atoms with van der Waals surface area (Å²) < 4.78 is 0. The number of halogens is 1. The molecule has 0 unspecified atom stereocenters. The number of primary amides is 1. The van der Waals surface area contributed by atoms with E-state index in [9.17, 15) is 34.8 Å². The van der Waals surface area contributed by atoms with Crippen LogP contribution in [0.15, 0.2) is 47.2 Å².